The van der Waals surface area contributed by atoms with E-state index in [1.807, 2.05) is 30.3 Å². The summed E-state index contributed by atoms with van der Waals surface area (Å²) < 4.78 is 0. The highest BCUT2D eigenvalue weighted by atomic mass is 14.7. The van der Waals surface area contributed by atoms with Crippen molar-refractivity contribution in [2.24, 2.45) is 5.73 Å². The van der Waals surface area contributed by atoms with Crippen molar-refractivity contribution in [3.8, 4) is 6.07 Å². The topological polar surface area (TPSA) is 62.7 Å². The second-order valence-corrected chi connectivity index (χ2v) is 3.02. The quantitative estimate of drug-likeness (QED) is 0.732. The van der Waals surface area contributed by atoms with E-state index >= 15 is 0 Å². The Labute approximate surface area is 81.8 Å². The van der Waals surface area contributed by atoms with Crippen LogP contribution in [0.1, 0.15) is 11.6 Å². The summed E-state index contributed by atoms with van der Waals surface area (Å²) in [6, 6.07) is 10.9. The van der Waals surface area contributed by atoms with Crippen LogP contribution in [0.3, 0.4) is 0 Å². The molecule has 1 aromatic carbocycles. The predicted molar refractivity (Wildman–Crippen MR) is 54.3 cm³/mol. The molecule has 1 aromatic heterocycles. The summed E-state index contributed by atoms with van der Waals surface area (Å²) in [5, 5.41) is 9.70. The maximum absolute atomic E-state index is 8.75. The lowest BCUT2D eigenvalue weighted by atomic mass is 10.0. The van der Waals surface area contributed by atoms with Crippen molar-refractivity contribution in [1.29, 1.82) is 5.26 Å². The number of pyridine rings is 1. The molecule has 0 fully saturated rings. The Kier molecular flexibility index (Phi) is 2.13. The Morgan fingerprint density at radius 1 is 1.29 bits per heavy atom. The maximum atomic E-state index is 8.75. The van der Waals surface area contributed by atoms with Crippen molar-refractivity contribution >= 4 is 10.9 Å². The number of benzene rings is 1. The molecule has 1 heterocycles. The van der Waals surface area contributed by atoms with Gasteiger partial charge in [-0.15, -0.1) is 0 Å². The minimum Gasteiger partial charge on any atom is -0.312 e. The molecular formula is C11H9N3. The van der Waals surface area contributed by atoms with Crippen LogP contribution in [0, 0.1) is 11.3 Å². The lowest BCUT2D eigenvalue weighted by Crippen LogP contribution is -2.07. The normalized spacial score (nSPS) is 12.3. The zero-order valence-electron chi connectivity index (χ0n) is 7.51. The molecule has 0 spiro atoms. The summed E-state index contributed by atoms with van der Waals surface area (Å²) in [5.41, 5.74) is 7.37. The van der Waals surface area contributed by atoms with Crippen LogP contribution in [-0.4, -0.2) is 4.98 Å². The number of nitriles is 1. The summed E-state index contributed by atoms with van der Waals surface area (Å²) >= 11 is 0. The molecule has 3 heteroatoms. The first kappa shape index (κ1) is 8.67. The first-order valence-corrected chi connectivity index (χ1v) is 4.32. The summed E-state index contributed by atoms with van der Waals surface area (Å²) in [7, 11) is 0. The average Bonchev–Trinajstić information content (AvgIpc) is 2.27. The van der Waals surface area contributed by atoms with E-state index < -0.39 is 6.04 Å². The van der Waals surface area contributed by atoms with Crippen molar-refractivity contribution in [1.82, 2.24) is 4.98 Å². The highest BCUT2D eigenvalue weighted by Crippen LogP contribution is 2.20. The van der Waals surface area contributed by atoms with Gasteiger partial charge in [0.2, 0.25) is 0 Å². The molecule has 0 aliphatic heterocycles. The number of nitrogens with two attached hydrogens (primary N) is 1. The zero-order valence-corrected chi connectivity index (χ0v) is 7.51. The fraction of sp³-hybridized carbons (Fsp3) is 0.0909. The van der Waals surface area contributed by atoms with E-state index in [0.29, 0.717) is 0 Å². The van der Waals surface area contributed by atoms with Crippen LogP contribution < -0.4 is 5.73 Å². The van der Waals surface area contributed by atoms with Gasteiger partial charge in [-0.2, -0.15) is 5.26 Å². The van der Waals surface area contributed by atoms with Crippen LogP contribution in [0.2, 0.25) is 0 Å². The van der Waals surface area contributed by atoms with Crippen LogP contribution in [0.25, 0.3) is 10.9 Å². The molecule has 2 rings (SSSR count). The van der Waals surface area contributed by atoms with Gasteiger partial charge in [0.15, 0.2) is 0 Å². The molecule has 3 nitrogen and oxygen atoms in total. The molecule has 68 valence electrons. The van der Waals surface area contributed by atoms with Crippen molar-refractivity contribution in [3.63, 3.8) is 0 Å². The molecule has 2 N–H and O–H groups in total. The van der Waals surface area contributed by atoms with E-state index in [-0.39, 0.29) is 0 Å². The predicted octanol–water partition coefficient (Wildman–Crippen LogP) is 1.76. The zero-order chi connectivity index (χ0) is 9.97. The summed E-state index contributed by atoms with van der Waals surface area (Å²) in [4.78, 5) is 4.19. The molecule has 14 heavy (non-hydrogen) atoms. The van der Waals surface area contributed by atoms with Crippen LogP contribution in [-0.2, 0) is 0 Å². The summed E-state index contributed by atoms with van der Waals surface area (Å²) in [6.07, 6.45) is 1.68. The SMILES string of the molecule is N#C[C@@H](N)c1ccnc2ccccc12. The first-order chi connectivity index (χ1) is 6.83. The fourth-order valence-corrected chi connectivity index (χ4v) is 1.46. The Bertz CT molecular complexity index is 494. The third kappa shape index (κ3) is 1.32. The third-order valence-corrected chi connectivity index (χ3v) is 2.16. The van der Waals surface area contributed by atoms with Crippen molar-refractivity contribution in [2.75, 3.05) is 0 Å². The highest BCUT2D eigenvalue weighted by molar-refractivity contribution is 5.82. The van der Waals surface area contributed by atoms with Crippen LogP contribution in [0.5, 0.6) is 0 Å². The monoisotopic (exact) mass is 183 g/mol. The van der Waals surface area contributed by atoms with Gasteiger partial charge in [-0.05, 0) is 17.7 Å². The first-order valence-electron chi connectivity index (χ1n) is 4.32. The molecule has 0 amide bonds. The number of aromatic nitrogens is 1. The van der Waals surface area contributed by atoms with E-state index in [1.54, 1.807) is 12.3 Å². The summed E-state index contributed by atoms with van der Waals surface area (Å²) in [6.45, 7) is 0. The smallest absolute Gasteiger partial charge is 0.119 e. The molecule has 0 bridgehead atoms. The fourth-order valence-electron chi connectivity index (χ4n) is 1.46. The van der Waals surface area contributed by atoms with Gasteiger partial charge in [-0.3, -0.25) is 4.98 Å². The van der Waals surface area contributed by atoms with Gasteiger partial charge in [0.05, 0.1) is 11.6 Å². The van der Waals surface area contributed by atoms with E-state index in [2.05, 4.69) is 4.98 Å². The second kappa shape index (κ2) is 3.44. The van der Waals surface area contributed by atoms with Gasteiger partial charge in [-0.25, -0.2) is 0 Å². The van der Waals surface area contributed by atoms with Crippen LogP contribution >= 0.6 is 0 Å². The lowest BCUT2D eigenvalue weighted by Gasteiger charge is -2.06. The molecule has 1 atom stereocenters. The minimum absolute atomic E-state index is 0.581. The minimum atomic E-state index is -0.581. The molecule has 0 unspecified atom stereocenters. The van der Waals surface area contributed by atoms with E-state index in [9.17, 15) is 0 Å². The van der Waals surface area contributed by atoms with E-state index in [1.165, 1.54) is 0 Å². The van der Waals surface area contributed by atoms with Gasteiger partial charge in [0.25, 0.3) is 0 Å². The third-order valence-electron chi connectivity index (χ3n) is 2.16. The standard InChI is InChI=1S/C11H9N3/c12-7-10(13)8-5-6-14-11-4-2-1-3-9(8)11/h1-6,10H,13H2/t10-/m1/s1. The van der Waals surface area contributed by atoms with Crippen LogP contribution in [0.15, 0.2) is 36.5 Å². The Morgan fingerprint density at radius 3 is 2.86 bits per heavy atom. The van der Waals surface area contributed by atoms with Crippen molar-refractivity contribution < 1.29 is 0 Å². The Morgan fingerprint density at radius 2 is 2.07 bits per heavy atom. The molecule has 0 aliphatic carbocycles. The highest BCUT2D eigenvalue weighted by Gasteiger charge is 2.07. The van der Waals surface area contributed by atoms with Crippen molar-refractivity contribution in [3.05, 3.63) is 42.1 Å². The molecule has 0 saturated carbocycles. The molecule has 0 saturated heterocycles. The second-order valence-electron chi connectivity index (χ2n) is 3.02. The van der Waals surface area contributed by atoms with Crippen molar-refractivity contribution in [2.45, 2.75) is 6.04 Å². The van der Waals surface area contributed by atoms with Crippen LogP contribution in [0.4, 0.5) is 0 Å². The largest absolute Gasteiger partial charge is 0.312 e. The molecule has 0 aliphatic rings. The number of nitrogens with zero attached hydrogens (tertiary/aromatic N) is 2. The number of para-hydroxylation sites is 1. The van der Waals surface area contributed by atoms with Gasteiger partial charge in [0, 0.05) is 11.6 Å². The van der Waals surface area contributed by atoms with Gasteiger partial charge in [-0.1, -0.05) is 18.2 Å². The number of hydrogen-bond donors (Lipinski definition) is 1. The molecular weight excluding hydrogens is 174 g/mol. The number of hydrogen-bond acceptors (Lipinski definition) is 3. The van der Waals surface area contributed by atoms with E-state index in [0.717, 1.165) is 16.5 Å². The van der Waals surface area contributed by atoms with Gasteiger partial charge >= 0.3 is 0 Å². The lowest BCUT2D eigenvalue weighted by molar-refractivity contribution is 0.934. The number of fused-ring (bicyclic) bond motifs is 1. The Balaban J connectivity index is 2.72. The molecule has 2 aromatic rings. The average molecular weight is 183 g/mol. The van der Waals surface area contributed by atoms with E-state index in [4.69, 9.17) is 11.0 Å². The molecule has 0 radical (unpaired) electrons. The number of rotatable bonds is 1. The summed E-state index contributed by atoms with van der Waals surface area (Å²) in [5.74, 6) is 0. The van der Waals surface area contributed by atoms with Gasteiger partial charge < -0.3 is 5.73 Å². The van der Waals surface area contributed by atoms with Gasteiger partial charge in [0.1, 0.15) is 6.04 Å². The maximum Gasteiger partial charge on any atom is 0.119 e. The Hall–Kier alpha value is -1.92.